The van der Waals surface area contributed by atoms with Gasteiger partial charge in [-0.3, -0.25) is 0 Å². The summed E-state index contributed by atoms with van der Waals surface area (Å²) in [6, 6.07) is 0. The van der Waals surface area contributed by atoms with Crippen LogP contribution in [0.15, 0.2) is 0 Å². The SMILES string of the molecule is FC(P)CC1OCCCO1. The van der Waals surface area contributed by atoms with Crippen LogP contribution in [0.2, 0.25) is 0 Å². The lowest BCUT2D eigenvalue weighted by Gasteiger charge is -2.23. The third kappa shape index (κ3) is 2.91. The maximum atomic E-state index is 12.3. The van der Waals surface area contributed by atoms with E-state index in [2.05, 4.69) is 9.24 Å². The highest BCUT2D eigenvalue weighted by Gasteiger charge is 2.16. The number of ether oxygens (including phenoxy) is 2. The summed E-state index contributed by atoms with van der Waals surface area (Å²) in [5, 5.41) is 0. The van der Waals surface area contributed by atoms with Gasteiger partial charge >= 0.3 is 0 Å². The predicted octanol–water partition coefficient (Wildman–Crippen LogP) is 1.31. The van der Waals surface area contributed by atoms with Crippen LogP contribution in [0.25, 0.3) is 0 Å². The zero-order valence-corrected chi connectivity index (χ0v) is 6.91. The largest absolute Gasteiger partial charge is 0.352 e. The molecule has 1 fully saturated rings. The Morgan fingerprint density at radius 1 is 1.50 bits per heavy atom. The van der Waals surface area contributed by atoms with E-state index in [0.29, 0.717) is 19.6 Å². The van der Waals surface area contributed by atoms with Crippen molar-refractivity contribution in [2.45, 2.75) is 25.0 Å². The van der Waals surface area contributed by atoms with Crippen molar-refractivity contribution in [3.63, 3.8) is 0 Å². The first-order valence-corrected chi connectivity index (χ1v) is 4.08. The summed E-state index contributed by atoms with van der Waals surface area (Å²) < 4.78 is 22.5. The summed E-state index contributed by atoms with van der Waals surface area (Å²) in [7, 11) is 2.08. The molecule has 2 atom stereocenters. The van der Waals surface area contributed by atoms with Gasteiger partial charge in [0.15, 0.2) is 6.29 Å². The van der Waals surface area contributed by atoms with E-state index in [4.69, 9.17) is 9.47 Å². The van der Waals surface area contributed by atoms with Gasteiger partial charge in [0, 0.05) is 6.42 Å². The lowest BCUT2D eigenvalue weighted by atomic mass is 10.4. The van der Waals surface area contributed by atoms with Crippen LogP contribution in [0.4, 0.5) is 4.39 Å². The number of hydrogen-bond acceptors (Lipinski definition) is 2. The highest BCUT2D eigenvalue weighted by molar-refractivity contribution is 7.17. The zero-order valence-electron chi connectivity index (χ0n) is 5.75. The van der Waals surface area contributed by atoms with Crippen LogP contribution in [0, 0.1) is 0 Å². The van der Waals surface area contributed by atoms with E-state index in [-0.39, 0.29) is 6.29 Å². The number of rotatable bonds is 2. The summed E-state index contributed by atoms with van der Waals surface area (Å²) in [6.45, 7) is 1.39. The van der Waals surface area contributed by atoms with E-state index >= 15 is 0 Å². The average Bonchev–Trinajstić information content (AvgIpc) is 1.88. The minimum absolute atomic E-state index is 0.318. The molecule has 4 heteroatoms. The Morgan fingerprint density at radius 3 is 2.60 bits per heavy atom. The molecule has 2 unspecified atom stereocenters. The molecule has 1 heterocycles. The summed E-state index contributed by atoms with van der Waals surface area (Å²) in [5.74, 6) is -0.914. The Bertz CT molecular complexity index is 93.7. The normalized spacial score (nSPS) is 24.6. The zero-order chi connectivity index (χ0) is 7.40. The first-order valence-electron chi connectivity index (χ1n) is 3.42. The molecule has 0 N–H and O–H groups in total. The Morgan fingerprint density at radius 2 is 2.10 bits per heavy atom. The van der Waals surface area contributed by atoms with Crippen molar-refractivity contribution in [1.82, 2.24) is 0 Å². The predicted molar refractivity (Wildman–Crippen MR) is 39.5 cm³/mol. The third-order valence-corrected chi connectivity index (χ3v) is 1.59. The van der Waals surface area contributed by atoms with Gasteiger partial charge in [-0.15, -0.1) is 9.24 Å². The Kier molecular flexibility index (Phi) is 3.53. The van der Waals surface area contributed by atoms with E-state index in [9.17, 15) is 4.39 Å². The van der Waals surface area contributed by atoms with Crippen LogP contribution in [-0.2, 0) is 9.47 Å². The molecule has 10 heavy (non-hydrogen) atoms. The number of alkyl halides is 1. The molecule has 1 saturated heterocycles. The Hall–Kier alpha value is 0.280. The van der Waals surface area contributed by atoms with Crippen LogP contribution in [-0.4, -0.2) is 25.4 Å². The van der Waals surface area contributed by atoms with Gasteiger partial charge in [-0.2, -0.15) is 0 Å². The molecule has 0 aromatic rings. The van der Waals surface area contributed by atoms with Crippen molar-refractivity contribution in [3.8, 4) is 0 Å². The fourth-order valence-corrected chi connectivity index (χ4v) is 1.08. The molecule has 0 saturated carbocycles. The van der Waals surface area contributed by atoms with Crippen molar-refractivity contribution < 1.29 is 13.9 Å². The van der Waals surface area contributed by atoms with Gasteiger partial charge < -0.3 is 9.47 Å². The molecule has 0 radical (unpaired) electrons. The van der Waals surface area contributed by atoms with Crippen molar-refractivity contribution in [3.05, 3.63) is 0 Å². The maximum absolute atomic E-state index is 12.3. The smallest absolute Gasteiger partial charge is 0.160 e. The van der Waals surface area contributed by atoms with Crippen LogP contribution >= 0.6 is 9.24 Å². The summed E-state index contributed by atoms with van der Waals surface area (Å²) in [5.41, 5.74) is 0. The van der Waals surface area contributed by atoms with Crippen LogP contribution < -0.4 is 0 Å². The van der Waals surface area contributed by atoms with E-state index in [1.165, 1.54) is 0 Å². The fraction of sp³-hybridized carbons (Fsp3) is 1.00. The minimum atomic E-state index is -0.914. The molecule has 60 valence electrons. The molecule has 1 aliphatic rings. The molecular weight excluding hydrogens is 154 g/mol. The van der Waals surface area contributed by atoms with E-state index in [0.717, 1.165) is 6.42 Å². The highest BCUT2D eigenvalue weighted by atomic mass is 31.0. The number of hydrogen-bond donors (Lipinski definition) is 0. The lowest BCUT2D eigenvalue weighted by Crippen LogP contribution is -2.26. The van der Waals surface area contributed by atoms with Gasteiger partial charge in [0.1, 0.15) is 5.91 Å². The van der Waals surface area contributed by atoms with Gasteiger partial charge in [-0.25, -0.2) is 4.39 Å². The maximum Gasteiger partial charge on any atom is 0.160 e. The Balaban J connectivity index is 2.13. The molecule has 0 aliphatic carbocycles. The molecule has 0 amide bonds. The van der Waals surface area contributed by atoms with Gasteiger partial charge in [0.25, 0.3) is 0 Å². The van der Waals surface area contributed by atoms with Crippen molar-refractivity contribution in [1.29, 1.82) is 0 Å². The van der Waals surface area contributed by atoms with Crippen LogP contribution in [0.3, 0.4) is 0 Å². The molecule has 0 bridgehead atoms. The van der Waals surface area contributed by atoms with Crippen molar-refractivity contribution >= 4 is 9.24 Å². The molecule has 1 aliphatic heterocycles. The second-order valence-corrected chi connectivity index (χ2v) is 3.00. The quantitative estimate of drug-likeness (QED) is 0.576. The third-order valence-electron chi connectivity index (χ3n) is 1.31. The highest BCUT2D eigenvalue weighted by Crippen LogP contribution is 2.15. The molecule has 1 rings (SSSR count). The summed E-state index contributed by atoms with van der Waals surface area (Å²) in [4.78, 5) is 0. The topological polar surface area (TPSA) is 18.5 Å². The standard InChI is InChI=1S/C6H12FO2P/c7-5(10)4-6-8-2-1-3-9-6/h5-6H,1-4,10H2. The second kappa shape index (κ2) is 4.22. The first-order chi connectivity index (χ1) is 4.79. The minimum Gasteiger partial charge on any atom is -0.352 e. The second-order valence-electron chi connectivity index (χ2n) is 2.28. The summed E-state index contributed by atoms with van der Waals surface area (Å²) >= 11 is 0. The molecule has 0 spiro atoms. The monoisotopic (exact) mass is 166 g/mol. The molecule has 2 nitrogen and oxygen atoms in total. The van der Waals surface area contributed by atoms with Gasteiger partial charge in [-0.05, 0) is 6.42 Å². The van der Waals surface area contributed by atoms with E-state index in [1.54, 1.807) is 0 Å². The van der Waals surface area contributed by atoms with E-state index in [1.807, 2.05) is 0 Å². The van der Waals surface area contributed by atoms with Crippen LogP contribution in [0.1, 0.15) is 12.8 Å². The Labute approximate surface area is 62.3 Å². The first kappa shape index (κ1) is 8.38. The number of halogens is 1. The molecule has 0 aromatic heterocycles. The molecular formula is C6H12FO2P. The fourth-order valence-electron chi connectivity index (χ4n) is 0.857. The van der Waals surface area contributed by atoms with Crippen molar-refractivity contribution in [2.24, 2.45) is 0 Å². The summed E-state index contributed by atoms with van der Waals surface area (Å²) in [6.07, 6.45) is 0.927. The van der Waals surface area contributed by atoms with Gasteiger partial charge in [0.2, 0.25) is 0 Å². The van der Waals surface area contributed by atoms with E-state index < -0.39 is 5.91 Å². The van der Waals surface area contributed by atoms with Gasteiger partial charge in [0.05, 0.1) is 13.2 Å². The average molecular weight is 166 g/mol. The van der Waals surface area contributed by atoms with Gasteiger partial charge in [-0.1, -0.05) is 0 Å². The van der Waals surface area contributed by atoms with Crippen molar-refractivity contribution in [2.75, 3.05) is 13.2 Å². The molecule has 0 aromatic carbocycles. The lowest BCUT2D eigenvalue weighted by molar-refractivity contribution is -0.183. The van der Waals surface area contributed by atoms with Crippen LogP contribution in [0.5, 0.6) is 0 Å².